The molecule has 2 aromatic rings. The minimum atomic E-state index is 0.0863. The van der Waals surface area contributed by atoms with E-state index in [4.69, 9.17) is 11.6 Å². The van der Waals surface area contributed by atoms with Crippen molar-refractivity contribution in [3.05, 3.63) is 35.9 Å². The Balaban J connectivity index is 2.32. The van der Waals surface area contributed by atoms with E-state index in [1.54, 1.807) is 0 Å². The Morgan fingerprint density at radius 3 is 2.68 bits per heavy atom. The number of phenolic OH excluding ortho intramolecular Hbond substituents is 1. The highest BCUT2D eigenvalue weighted by molar-refractivity contribution is 6.21. The fraction of sp³-hybridized carbons (Fsp3) is 0.375. The third kappa shape index (κ3) is 1.86. The number of fused-ring (bicyclic) bond motifs is 3. The molecule has 0 saturated heterocycles. The first-order valence-corrected chi connectivity index (χ1v) is 7.20. The molecule has 0 bridgehead atoms. The van der Waals surface area contributed by atoms with Crippen molar-refractivity contribution in [1.82, 2.24) is 0 Å². The molecule has 0 aromatic heterocycles. The molecule has 0 unspecified atom stereocenters. The standard InChI is InChI=1S/C16H18ClNO/c1-3-18-9-13(10(2)17)16-12-7-5-4-6-11(12)15(19)8-14(16)18/h4-8,10,13,19H,3,9H2,1-2H3/t10-,13+/m1/s1. The van der Waals surface area contributed by atoms with E-state index < -0.39 is 0 Å². The van der Waals surface area contributed by atoms with Crippen molar-refractivity contribution < 1.29 is 5.11 Å². The molecule has 0 amide bonds. The summed E-state index contributed by atoms with van der Waals surface area (Å²) in [5, 5.41) is 12.3. The Kier molecular flexibility index (Phi) is 3.06. The largest absolute Gasteiger partial charge is 0.507 e. The van der Waals surface area contributed by atoms with Gasteiger partial charge in [0.25, 0.3) is 0 Å². The van der Waals surface area contributed by atoms with Crippen LogP contribution in [0.5, 0.6) is 5.75 Å². The van der Waals surface area contributed by atoms with Crippen LogP contribution in [0.4, 0.5) is 5.69 Å². The number of anilines is 1. The molecule has 19 heavy (non-hydrogen) atoms. The summed E-state index contributed by atoms with van der Waals surface area (Å²) in [6, 6.07) is 9.92. The molecule has 0 aliphatic carbocycles. The molecule has 2 aromatic carbocycles. The summed E-state index contributed by atoms with van der Waals surface area (Å²) in [5.74, 6) is 0.679. The summed E-state index contributed by atoms with van der Waals surface area (Å²) in [7, 11) is 0. The Bertz CT molecular complexity index is 623. The number of likely N-dealkylation sites (N-methyl/N-ethyl adjacent to an activating group) is 1. The number of nitrogens with zero attached hydrogens (tertiary/aromatic N) is 1. The monoisotopic (exact) mass is 275 g/mol. The highest BCUT2D eigenvalue weighted by atomic mass is 35.5. The molecule has 0 saturated carbocycles. The highest BCUT2D eigenvalue weighted by Crippen LogP contribution is 2.46. The number of hydrogen-bond donors (Lipinski definition) is 1. The molecule has 2 nitrogen and oxygen atoms in total. The van der Waals surface area contributed by atoms with E-state index in [9.17, 15) is 5.11 Å². The molecule has 1 aliphatic heterocycles. The van der Waals surface area contributed by atoms with E-state index in [2.05, 4.69) is 24.8 Å². The van der Waals surface area contributed by atoms with Gasteiger partial charge in [-0.25, -0.2) is 0 Å². The first kappa shape index (κ1) is 12.6. The van der Waals surface area contributed by atoms with Crippen molar-refractivity contribution in [3.8, 4) is 5.75 Å². The van der Waals surface area contributed by atoms with Gasteiger partial charge in [0.1, 0.15) is 5.75 Å². The SMILES string of the molecule is CCN1C[C@@H]([C@@H](C)Cl)c2c1cc(O)c1ccccc21. The van der Waals surface area contributed by atoms with Crippen molar-refractivity contribution in [1.29, 1.82) is 0 Å². The van der Waals surface area contributed by atoms with Crippen LogP contribution >= 0.6 is 11.6 Å². The van der Waals surface area contributed by atoms with Crippen LogP contribution < -0.4 is 4.90 Å². The molecule has 0 spiro atoms. The van der Waals surface area contributed by atoms with Gasteiger partial charge in [-0.1, -0.05) is 24.3 Å². The molecule has 1 aliphatic rings. The van der Waals surface area contributed by atoms with Gasteiger partial charge in [0, 0.05) is 41.5 Å². The molecule has 0 radical (unpaired) electrons. The first-order chi connectivity index (χ1) is 9.13. The quantitative estimate of drug-likeness (QED) is 0.834. The fourth-order valence-electron chi connectivity index (χ4n) is 3.12. The Morgan fingerprint density at radius 2 is 2.05 bits per heavy atom. The minimum absolute atomic E-state index is 0.0863. The summed E-state index contributed by atoms with van der Waals surface area (Å²) in [4.78, 5) is 2.30. The average Bonchev–Trinajstić information content (AvgIpc) is 2.78. The van der Waals surface area contributed by atoms with Gasteiger partial charge >= 0.3 is 0 Å². The number of halogens is 1. The van der Waals surface area contributed by atoms with Crippen LogP contribution in [0.25, 0.3) is 10.8 Å². The fourth-order valence-corrected chi connectivity index (χ4v) is 3.32. The lowest BCUT2D eigenvalue weighted by atomic mass is 9.92. The van der Waals surface area contributed by atoms with E-state index >= 15 is 0 Å². The molecular weight excluding hydrogens is 258 g/mol. The molecular formula is C16H18ClNO. The van der Waals surface area contributed by atoms with E-state index in [-0.39, 0.29) is 5.38 Å². The minimum Gasteiger partial charge on any atom is -0.507 e. The summed E-state index contributed by atoms with van der Waals surface area (Å²) < 4.78 is 0. The zero-order valence-corrected chi connectivity index (χ0v) is 12.0. The smallest absolute Gasteiger partial charge is 0.125 e. The molecule has 3 heteroatoms. The predicted octanol–water partition coefficient (Wildman–Crippen LogP) is 4.10. The van der Waals surface area contributed by atoms with E-state index in [0.717, 1.165) is 29.5 Å². The van der Waals surface area contributed by atoms with E-state index in [1.165, 1.54) is 5.56 Å². The topological polar surface area (TPSA) is 23.5 Å². The maximum absolute atomic E-state index is 10.2. The molecule has 3 rings (SSSR count). The lowest BCUT2D eigenvalue weighted by Crippen LogP contribution is -2.23. The lowest BCUT2D eigenvalue weighted by Gasteiger charge is -2.17. The summed E-state index contributed by atoms with van der Waals surface area (Å²) in [6.45, 7) is 6.06. The highest BCUT2D eigenvalue weighted by Gasteiger charge is 2.33. The lowest BCUT2D eigenvalue weighted by molar-refractivity contribution is 0.481. The number of benzene rings is 2. The van der Waals surface area contributed by atoms with E-state index in [1.807, 2.05) is 24.3 Å². The second-order valence-electron chi connectivity index (χ2n) is 5.20. The van der Waals surface area contributed by atoms with Crippen LogP contribution in [0.15, 0.2) is 30.3 Å². The van der Waals surface area contributed by atoms with Crippen LogP contribution in [0, 0.1) is 0 Å². The third-order valence-electron chi connectivity index (χ3n) is 4.11. The van der Waals surface area contributed by atoms with Crippen LogP contribution in [0.2, 0.25) is 0 Å². The Hall–Kier alpha value is -1.41. The van der Waals surface area contributed by atoms with E-state index in [0.29, 0.717) is 11.7 Å². The van der Waals surface area contributed by atoms with Crippen LogP contribution in [-0.4, -0.2) is 23.6 Å². The molecule has 0 fully saturated rings. The van der Waals surface area contributed by atoms with Gasteiger partial charge in [-0.15, -0.1) is 11.6 Å². The number of phenols is 1. The van der Waals surface area contributed by atoms with Crippen LogP contribution in [-0.2, 0) is 0 Å². The summed E-state index contributed by atoms with van der Waals surface area (Å²) >= 11 is 6.39. The third-order valence-corrected chi connectivity index (χ3v) is 4.41. The number of hydrogen-bond acceptors (Lipinski definition) is 2. The van der Waals surface area contributed by atoms with Gasteiger partial charge in [-0.2, -0.15) is 0 Å². The van der Waals surface area contributed by atoms with Crippen LogP contribution in [0.3, 0.4) is 0 Å². The Labute approximate surface area is 118 Å². The summed E-state index contributed by atoms with van der Waals surface area (Å²) in [6.07, 6.45) is 0. The molecule has 100 valence electrons. The average molecular weight is 276 g/mol. The second-order valence-corrected chi connectivity index (χ2v) is 5.89. The van der Waals surface area contributed by atoms with Crippen LogP contribution in [0.1, 0.15) is 25.3 Å². The van der Waals surface area contributed by atoms with Gasteiger partial charge < -0.3 is 10.0 Å². The normalized spacial score (nSPS) is 19.7. The first-order valence-electron chi connectivity index (χ1n) is 6.77. The molecule has 2 atom stereocenters. The summed E-state index contributed by atoms with van der Waals surface area (Å²) in [5.41, 5.74) is 2.42. The van der Waals surface area contributed by atoms with Gasteiger partial charge in [-0.05, 0) is 24.8 Å². The molecule has 1 heterocycles. The number of rotatable bonds is 2. The van der Waals surface area contributed by atoms with Gasteiger partial charge in [0.2, 0.25) is 0 Å². The van der Waals surface area contributed by atoms with Crippen molar-refractivity contribution in [2.24, 2.45) is 0 Å². The van der Waals surface area contributed by atoms with Gasteiger partial charge in [0.05, 0.1) is 0 Å². The molecule has 1 N–H and O–H groups in total. The van der Waals surface area contributed by atoms with Gasteiger partial charge in [0.15, 0.2) is 0 Å². The zero-order chi connectivity index (χ0) is 13.6. The second kappa shape index (κ2) is 4.61. The van der Waals surface area contributed by atoms with Gasteiger partial charge in [-0.3, -0.25) is 0 Å². The Morgan fingerprint density at radius 1 is 1.37 bits per heavy atom. The van der Waals surface area contributed by atoms with Crippen molar-refractivity contribution in [2.45, 2.75) is 25.1 Å². The number of aromatic hydroxyl groups is 1. The predicted molar refractivity (Wildman–Crippen MR) is 81.6 cm³/mol. The number of alkyl halides is 1. The van der Waals surface area contributed by atoms with Crippen molar-refractivity contribution in [2.75, 3.05) is 18.0 Å². The maximum atomic E-state index is 10.2. The maximum Gasteiger partial charge on any atom is 0.125 e. The zero-order valence-electron chi connectivity index (χ0n) is 11.2. The van der Waals surface area contributed by atoms with Crippen molar-refractivity contribution >= 4 is 28.1 Å². The van der Waals surface area contributed by atoms with Crippen molar-refractivity contribution in [3.63, 3.8) is 0 Å².